The van der Waals surface area contributed by atoms with Crippen molar-refractivity contribution in [3.8, 4) is 0 Å². The van der Waals surface area contributed by atoms with Gasteiger partial charge in [0.25, 0.3) is 0 Å². The number of aliphatic imine (C=N–C) groups is 1. The molecule has 1 aliphatic rings. The van der Waals surface area contributed by atoms with Crippen LogP contribution in [0.15, 0.2) is 40.7 Å². The highest BCUT2D eigenvalue weighted by molar-refractivity contribution is 14.0. The maximum Gasteiger partial charge on any atom is 0.191 e. The van der Waals surface area contributed by atoms with E-state index in [1.54, 1.807) is 11.3 Å². The smallest absolute Gasteiger partial charge is 0.191 e. The van der Waals surface area contributed by atoms with Crippen molar-refractivity contribution in [3.05, 3.63) is 52.0 Å². The molecule has 2 heterocycles. The Morgan fingerprint density at radius 1 is 1.27 bits per heavy atom. The van der Waals surface area contributed by atoms with Gasteiger partial charge >= 0.3 is 0 Å². The molecular weight excluding hydrogens is 511 g/mol. The lowest BCUT2D eigenvalue weighted by molar-refractivity contribution is 0.0420. The van der Waals surface area contributed by atoms with E-state index in [0.717, 1.165) is 70.2 Å². The Labute approximate surface area is 200 Å². The van der Waals surface area contributed by atoms with Gasteiger partial charge in [0.05, 0.1) is 30.0 Å². The molecule has 2 N–H and O–H groups in total. The van der Waals surface area contributed by atoms with Crippen LogP contribution < -0.4 is 10.6 Å². The van der Waals surface area contributed by atoms with E-state index in [9.17, 15) is 0 Å². The van der Waals surface area contributed by atoms with Crippen molar-refractivity contribution < 1.29 is 9.47 Å². The summed E-state index contributed by atoms with van der Waals surface area (Å²) in [6, 6.07) is 10.6. The number of guanidine groups is 1. The first kappa shape index (κ1) is 25.0. The van der Waals surface area contributed by atoms with Gasteiger partial charge in [0.2, 0.25) is 0 Å². The fourth-order valence-corrected chi connectivity index (χ4v) is 3.90. The van der Waals surface area contributed by atoms with E-state index in [4.69, 9.17) is 14.5 Å². The van der Waals surface area contributed by atoms with Crippen LogP contribution in [0, 0.1) is 0 Å². The average Bonchev–Trinajstić information content (AvgIpc) is 3.43. The number of thiazole rings is 1. The second-order valence-electron chi connectivity index (χ2n) is 7.05. The fourth-order valence-electron chi connectivity index (χ4n) is 3.11. The highest BCUT2D eigenvalue weighted by atomic mass is 127. The van der Waals surface area contributed by atoms with E-state index in [2.05, 4.69) is 58.3 Å². The summed E-state index contributed by atoms with van der Waals surface area (Å²) in [5.74, 6) is 0.829. The van der Waals surface area contributed by atoms with Crippen molar-refractivity contribution in [1.29, 1.82) is 0 Å². The van der Waals surface area contributed by atoms with Crippen molar-refractivity contribution in [2.45, 2.75) is 45.3 Å². The van der Waals surface area contributed by atoms with Crippen molar-refractivity contribution in [1.82, 2.24) is 15.6 Å². The largest absolute Gasteiger partial charge is 0.379 e. The number of hydrogen-bond acceptors (Lipinski definition) is 5. The molecule has 1 fully saturated rings. The van der Waals surface area contributed by atoms with Gasteiger partial charge in [0.1, 0.15) is 0 Å². The summed E-state index contributed by atoms with van der Waals surface area (Å²) in [4.78, 5) is 9.40. The number of ether oxygens (including phenoxy) is 2. The van der Waals surface area contributed by atoms with Gasteiger partial charge in [-0.05, 0) is 31.7 Å². The van der Waals surface area contributed by atoms with Gasteiger partial charge in [-0.25, -0.2) is 9.98 Å². The molecule has 6 nitrogen and oxygen atoms in total. The van der Waals surface area contributed by atoms with E-state index in [-0.39, 0.29) is 30.1 Å². The summed E-state index contributed by atoms with van der Waals surface area (Å²) < 4.78 is 11.1. The molecule has 1 aromatic heterocycles. The molecule has 8 heteroatoms. The summed E-state index contributed by atoms with van der Waals surface area (Å²) in [5, 5.41) is 9.95. The van der Waals surface area contributed by atoms with E-state index >= 15 is 0 Å². The molecule has 1 unspecified atom stereocenters. The number of aryl methyl sites for hydroxylation is 2. The molecule has 1 saturated heterocycles. The number of hydrogen-bond donors (Lipinski definition) is 2. The first-order valence-electron chi connectivity index (χ1n) is 10.5. The van der Waals surface area contributed by atoms with E-state index in [0.29, 0.717) is 6.54 Å². The molecule has 0 saturated carbocycles. The Balaban J connectivity index is 0.00000320. The minimum absolute atomic E-state index is 0. The molecule has 0 aliphatic carbocycles. The lowest BCUT2D eigenvalue weighted by Gasteiger charge is -2.12. The summed E-state index contributed by atoms with van der Waals surface area (Å²) in [6.07, 6.45) is 4.23. The van der Waals surface area contributed by atoms with E-state index in [1.165, 1.54) is 10.6 Å². The number of nitrogens with zero attached hydrogens (tertiary/aromatic N) is 2. The van der Waals surface area contributed by atoms with Gasteiger partial charge in [-0.3, -0.25) is 0 Å². The molecule has 1 atom stereocenters. The van der Waals surface area contributed by atoms with Crippen LogP contribution in [0.5, 0.6) is 0 Å². The van der Waals surface area contributed by atoms with Crippen LogP contribution in [0.3, 0.4) is 0 Å². The maximum atomic E-state index is 5.80. The molecular formula is C22H33IN4O2S. The number of rotatable bonds is 11. The molecule has 0 radical (unpaired) electrons. The monoisotopic (exact) mass is 544 g/mol. The lowest BCUT2D eigenvalue weighted by atomic mass is 10.1. The topological polar surface area (TPSA) is 67.8 Å². The normalized spacial score (nSPS) is 16.3. The lowest BCUT2D eigenvalue weighted by Crippen LogP contribution is -2.38. The van der Waals surface area contributed by atoms with Crippen molar-refractivity contribution >= 4 is 41.3 Å². The number of benzene rings is 1. The molecule has 1 aliphatic heterocycles. The van der Waals surface area contributed by atoms with Crippen LogP contribution in [-0.4, -0.2) is 50.0 Å². The van der Waals surface area contributed by atoms with Gasteiger partial charge < -0.3 is 20.1 Å². The highest BCUT2D eigenvalue weighted by Gasteiger charge is 2.15. The van der Waals surface area contributed by atoms with Gasteiger partial charge in [0.15, 0.2) is 5.96 Å². The second-order valence-corrected chi connectivity index (χ2v) is 7.99. The van der Waals surface area contributed by atoms with E-state index in [1.807, 2.05) is 0 Å². The number of nitrogens with one attached hydrogen (secondary N) is 2. The van der Waals surface area contributed by atoms with Crippen LogP contribution in [0.2, 0.25) is 0 Å². The molecule has 166 valence electrons. The predicted octanol–water partition coefficient (Wildman–Crippen LogP) is 3.80. The Kier molecular flexibility index (Phi) is 12.3. The third kappa shape index (κ3) is 9.28. The second kappa shape index (κ2) is 14.7. The Bertz CT molecular complexity index is 736. The zero-order valence-electron chi connectivity index (χ0n) is 17.6. The Morgan fingerprint density at radius 3 is 2.90 bits per heavy atom. The first-order chi connectivity index (χ1) is 14.3. The SMILES string of the molecule is CCNC(=NCc1csc(CCc2ccccc2)n1)NCCCOC1CCOC1.I. The maximum absolute atomic E-state index is 5.80. The van der Waals surface area contributed by atoms with Gasteiger partial charge in [-0.1, -0.05) is 30.3 Å². The van der Waals surface area contributed by atoms with Crippen LogP contribution in [-0.2, 0) is 28.9 Å². The molecule has 0 spiro atoms. The van der Waals surface area contributed by atoms with Crippen LogP contribution >= 0.6 is 35.3 Å². The molecule has 0 amide bonds. The number of aromatic nitrogens is 1. The fraction of sp³-hybridized carbons (Fsp3) is 0.545. The quantitative estimate of drug-likeness (QED) is 0.195. The minimum atomic E-state index is 0. The summed E-state index contributed by atoms with van der Waals surface area (Å²) in [7, 11) is 0. The minimum Gasteiger partial charge on any atom is -0.379 e. The predicted molar refractivity (Wildman–Crippen MR) is 134 cm³/mol. The third-order valence-electron chi connectivity index (χ3n) is 4.67. The summed E-state index contributed by atoms with van der Waals surface area (Å²) >= 11 is 1.72. The average molecular weight is 545 g/mol. The molecule has 2 aromatic rings. The molecule has 3 rings (SSSR count). The van der Waals surface area contributed by atoms with Gasteiger partial charge in [0, 0.05) is 38.1 Å². The molecule has 0 bridgehead atoms. The molecule has 30 heavy (non-hydrogen) atoms. The zero-order valence-corrected chi connectivity index (χ0v) is 20.8. The third-order valence-corrected chi connectivity index (χ3v) is 5.63. The van der Waals surface area contributed by atoms with Crippen LogP contribution in [0.4, 0.5) is 0 Å². The van der Waals surface area contributed by atoms with Crippen molar-refractivity contribution in [2.24, 2.45) is 4.99 Å². The standard InChI is InChI=1S/C22H32N4O2S.HI/c1-2-23-22(24-12-6-13-28-20-11-14-27-16-20)25-15-19-17-29-21(26-19)10-9-18-7-4-3-5-8-18;/h3-5,7-8,17,20H,2,6,9-16H2,1H3,(H2,23,24,25);1H. The Morgan fingerprint density at radius 2 is 2.13 bits per heavy atom. The zero-order chi connectivity index (χ0) is 20.2. The van der Waals surface area contributed by atoms with Crippen molar-refractivity contribution in [2.75, 3.05) is 32.9 Å². The summed E-state index contributed by atoms with van der Waals surface area (Å²) in [5.41, 5.74) is 2.38. The van der Waals surface area contributed by atoms with Crippen molar-refractivity contribution in [3.63, 3.8) is 0 Å². The van der Waals surface area contributed by atoms with Crippen LogP contribution in [0.25, 0.3) is 0 Å². The van der Waals surface area contributed by atoms with Crippen LogP contribution in [0.1, 0.15) is 36.0 Å². The Hall–Kier alpha value is -1.23. The number of halogens is 1. The highest BCUT2D eigenvalue weighted by Crippen LogP contribution is 2.14. The first-order valence-corrected chi connectivity index (χ1v) is 11.4. The van der Waals surface area contributed by atoms with E-state index < -0.39 is 0 Å². The molecule has 1 aromatic carbocycles. The summed E-state index contributed by atoms with van der Waals surface area (Å²) in [6.45, 7) is 6.64. The van der Waals surface area contributed by atoms with Gasteiger partial charge in [-0.15, -0.1) is 35.3 Å². The van der Waals surface area contributed by atoms with Gasteiger partial charge in [-0.2, -0.15) is 0 Å².